The molecule has 7 heteroatoms. The minimum absolute atomic E-state index is 0.794. The van der Waals surface area contributed by atoms with Gasteiger partial charge in [-0.1, -0.05) is 17.7 Å². The molecule has 0 spiro atoms. The Labute approximate surface area is 87.1 Å². The summed E-state index contributed by atoms with van der Waals surface area (Å²) in [5.74, 6) is 0. The van der Waals surface area contributed by atoms with Crippen molar-refractivity contribution in [2.75, 3.05) is 0 Å². The summed E-state index contributed by atoms with van der Waals surface area (Å²) < 4.78 is 34.1. The van der Waals surface area contributed by atoms with Crippen LogP contribution < -0.4 is 5.73 Å². The number of hydrogen-bond donors (Lipinski definition) is 1. The van der Waals surface area contributed by atoms with Crippen molar-refractivity contribution >= 4 is 27.7 Å². The van der Waals surface area contributed by atoms with Gasteiger partial charge in [0.15, 0.2) is 0 Å². The smallest absolute Gasteiger partial charge is 0.129 e. The molecule has 0 saturated heterocycles. The van der Waals surface area contributed by atoms with Gasteiger partial charge in [-0.3, -0.25) is 8.42 Å². The van der Waals surface area contributed by atoms with Crippen LogP contribution in [-0.4, -0.2) is 17.5 Å². The van der Waals surface area contributed by atoms with Crippen molar-refractivity contribution in [3.8, 4) is 0 Å². The highest BCUT2D eigenvalue weighted by Gasteiger charge is 1.94. The average molecular weight is 239 g/mol. The van der Waals surface area contributed by atoms with Crippen LogP contribution in [-0.2, 0) is 10.4 Å². The maximum atomic E-state index is 8.52. The highest BCUT2D eigenvalue weighted by molar-refractivity contribution is 7.79. The Bertz CT molecular complexity index is 396. The minimum atomic E-state index is -5.17. The monoisotopic (exact) mass is 238 g/mol. The van der Waals surface area contributed by atoms with Gasteiger partial charge in [0.05, 0.1) is 0 Å². The number of benzene rings is 1. The molecule has 0 bridgehead atoms. The highest BCUT2D eigenvalue weighted by atomic mass is 35.5. The van der Waals surface area contributed by atoms with Gasteiger partial charge in [0.1, 0.15) is 5.69 Å². The molecule has 0 heterocycles. The van der Waals surface area contributed by atoms with E-state index in [1.807, 2.05) is 25.1 Å². The maximum Gasteiger partial charge on any atom is 0.129 e. The number of quaternary nitrogens is 1. The van der Waals surface area contributed by atoms with Gasteiger partial charge >= 0.3 is 0 Å². The van der Waals surface area contributed by atoms with Crippen LogP contribution in [0.4, 0.5) is 5.69 Å². The Hall–Kier alpha value is -0.660. The Balaban J connectivity index is 0.000000292. The molecule has 0 radical (unpaired) electrons. The lowest BCUT2D eigenvalue weighted by Crippen LogP contribution is -2.39. The summed E-state index contributed by atoms with van der Waals surface area (Å²) in [6, 6.07) is 5.77. The molecular formula is C7H9ClNO4S-. The molecule has 1 rings (SSSR count). The largest absolute Gasteiger partial charge is 0.759 e. The van der Waals surface area contributed by atoms with Crippen molar-refractivity contribution in [1.29, 1.82) is 0 Å². The van der Waals surface area contributed by atoms with Gasteiger partial charge in [-0.05, 0) is 18.6 Å². The van der Waals surface area contributed by atoms with Crippen molar-refractivity contribution in [3.63, 3.8) is 0 Å². The van der Waals surface area contributed by atoms with Gasteiger partial charge < -0.3 is 14.8 Å². The Morgan fingerprint density at radius 3 is 2.07 bits per heavy atom. The second-order valence-electron chi connectivity index (χ2n) is 2.49. The Morgan fingerprint density at radius 2 is 1.79 bits per heavy atom. The summed E-state index contributed by atoms with van der Waals surface area (Å²) in [6.45, 7) is 1.97. The number of rotatable bonds is 0. The lowest BCUT2D eigenvalue weighted by atomic mass is 10.2. The minimum Gasteiger partial charge on any atom is -0.759 e. The van der Waals surface area contributed by atoms with Crippen LogP contribution in [0.5, 0.6) is 0 Å². The van der Waals surface area contributed by atoms with Crippen molar-refractivity contribution in [1.82, 2.24) is 0 Å². The Kier molecular flexibility index (Phi) is 5.03. The van der Waals surface area contributed by atoms with Gasteiger partial charge in [-0.2, -0.15) is 0 Å². The van der Waals surface area contributed by atoms with E-state index < -0.39 is 10.4 Å². The number of hydrogen-bond acceptors (Lipinski definition) is 4. The predicted molar refractivity (Wildman–Crippen MR) is 49.2 cm³/mol. The fraction of sp³-hybridized carbons (Fsp3) is 0.143. The lowest BCUT2D eigenvalue weighted by Gasteiger charge is -2.06. The molecule has 0 fully saturated rings. The average Bonchev–Trinajstić information content (AvgIpc) is 1.94. The van der Waals surface area contributed by atoms with E-state index in [9.17, 15) is 0 Å². The first kappa shape index (κ1) is 13.3. The molecule has 0 unspecified atom stereocenters. The molecule has 0 atom stereocenters. The van der Waals surface area contributed by atoms with E-state index >= 15 is 0 Å². The van der Waals surface area contributed by atoms with Crippen LogP contribution in [0.3, 0.4) is 0 Å². The second kappa shape index (κ2) is 5.28. The van der Waals surface area contributed by atoms with E-state index in [1.165, 1.54) is 0 Å². The highest BCUT2D eigenvalue weighted by Crippen LogP contribution is 2.16. The molecule has 0 aliphatic carbocycles. The maximum absolute atomic E-state index is 8.52. The van der Waals surface area contributed by atoms with E-state index in [2.05, 4.69) is 5.73 Å². The molecule has 0 aliphatic heterocycles. The van der Waals surface area contributed by atoms with Gasteiger partial charge in [0.25, 0.3) is 0 Å². The lowest BCUT2D eigenvalue weighted by molar-refractivity contribution is -0.254. The molecular weight excluding hydrogens is 230 g/mol. The molecule has 1 aromatic rings. The van der Waals surface area contributed by atoms with Crippen LogP contribution in [0, 0.1) is 6.92 Å². The SMILES string of the molecule is Cc1ccc([NH3+])cc1Cl.O=S(=O)([O-])[O-]. The predicted octanol–water partition coefficient (Wildman–Crippen LogP) is 0.184. The van der Waals surface area contributed by atoms with E-state index in [0.29, 0.717) is 0 Å². The zero-order valence-corrected chi connectivity index (χ0v) is 8.93. The van der Waals surface area contributed by atoms with Crippen LogP contribution in [0.1, 0.15) is 5.56 Å². The van der Waals surface area contributed by atoms with Gasteiger partial charge in [-0.15, -0.1) is 0 Å². The molecule has 5 nitrogen and oxygen atoms in total. The summed E-state index contributed by atoms with van der Waals surface area (Å²) >= 11 is 5.77. The first-order valence-electron chi connectivity index (χ1n) is 3.45. The fourth-order valence-corrected chi connectivity index (χ4v) is 0.840. The van der Waals surface area contributed by atoms with E-state index in [4.69, 9.17) is 29.1 Å². The van der Waals surface area contributed by atoms with E-state index in [1.54, 1.807) is 0 Å². The van der Waals surface area contributed by atoms with Crippen LogP contribution >= 0.6 is 11.6 Å². The molecule has 0 saturated carbocycles. The third kappa shape index (κ3) is 7.96. The number of aryl methyl sites for hydroxylation is 1. The standard InChI is InChI=1S/C7H8ClN.H2O4S/c1-5-2-3-6(9)4-7(5)8;1-5(2,3)4/h2-4H,9H2,1H3;(H2,1,2,3,4)/p-1. The van der Waals surface area contributed by atoms with E-state index in [0.717, 1.165) is 16.3 Å². The van der Waals surface area contributed by atoms with Gasteiger partial charge in [0, 0.05) is 21.5 Å². The third-order valence-corrected chi connectivity index (χ3v) is 1.64. The molecule has 0 amide bonds. The summed E-state index contributed by atoms with van der Waals surface area (Å²) in [6.07, 6.45) is 0. The summed E-state index contributed by atoms with van der Waals surface area (Å²) in [7, 11) is -5.17. The van der Waals surface area contributed by atoms with Crippen LogP contribution in [0.25, 0.3) is 0 Å². The quantitative estimate of drug-likeness (QED) is 0.514. The van der Waals surface area contributed by atoms with Crippen molar-refractivity contribution in [2.45, 2.75) is 6.92 Å². The Morgan fingerprint density at radius 1 is 1.36 bits per heavy atom. The molecule has 14 heavy (non-hydrogen) atoms. The zero-order valence-electron chi connectivity index (χ0n) is 7.36. The number of halogens is 1. The topological polar surface area (TPSA) is 108 Å². The molecule has 3 N–H and O–H groups in total. The van der Waals surface area contributed by atoms with E-state index in [-0.39, 0.29) is 0 Å². The first-order valence-corrected chi connectivity index (χ1v) is 5.16. The van der Waals surface area contributed by atoms with Gasteiger partial charge in [0.2, 0.25) is 0 Å². The fourth-order valence-electron chi connectivity index (χ4n) is 0.636. The van der Waals surface area contributed by atoms with Crippen molar-refractivity contribution < 1.29 is 23.3 Å². The summed E-state index contributed by atoms with van der Waals surface area (Å²) in [4.78, 5) is 0. The second-order valence-corrected chi connectivity index (χ2v) is 3.72. The summed E-state index contributed by atoms with van der Waals surface area (Å²) in [5.41, 5.74) is 5.80. The van der Waals surface area contributed by atoms with Crippen molar-refractivity contribution in [2.24, 2.45) is 0 Å². The van der Waals surface area contributed by atoms with Crippen LogP contribution in [0.2, 0.25) is 5.02 Å². The molecule has 80 valence electrons. The van der Waals surface area contributed by atoms with Crippen LogP contribution in [0.15, 0.2) is 18.2 Å². The zero-order chi connectivity index (χ0) is 11.4. The first-order chi connectivity index (χ1) is 6.20. The third-order valence-electron chi connectivity index (χ3n) is 1.24. The molecule has 1 aromatic carbocycles. The van der Waals surface area contributed by atoms with Gasteiger partial charge in [-0.25, -0.2) is 0 Å². The van der Waals surface area contributed by atoms with Crippen molar-refractivity contribution in [3.05, 3.63) is 28.8 Å². The summed E-state index contributed by atoms with van der Waals surface area (Å²) in [5, 5.41) is 0.794. The molecule has 0 aromatic heterocycles. The normalized spacial score (nSPS) is 10.4. The molecule has 0 aliphatic rings.